The minimum Gasteiger partial charge on any atom is -0.311 e. The molecule has 0 saturated carbocycles. The van der Waals surface area contributed by atoms with Crippen LogP contribution in [0.25, 0.3) is 11.0 Å². The molecule has 31 heavy (non-hydrogen) atoms. The number of rotatable bonds is 4. The standard InChI is InChI=1S/C20H19F3N4O3S/c1-25(2)31(29,30)14-7-8-16-13(11-14)9-10-26(16)18(28)12-27-17-6-4-3-5-15(17)24-19(27)20(21,22)23/h3-8,11H,9-10,12H2,1-2H3. The van der Waals surface area contributed by atoms with E-state index in [0.717, 1.165) is 8.87 Å². The van der Waals surface area contributed by atoms with Crippen molar-refractivity contribution in [2.24, 2.45) is 0 Å². The third kappa shape index (κ3) is 3.68. The molecule has 0 N–H and O–H groups in total. The Kier molecular flexibility index (Phi) is 5.05. The monoisotopic (exact) mass is 452 g/mol. The van der Waals surface area contributed by atoms with Crippen molar-refractivity contribution in [3.63, 3.8) is 0 Å². The van der Waals surface area contributed by atoms with Gasteiger partial charge in [-0.1, -0.05) is 12.1 Å². The van der Waals surface area contributed by atoms with Gasteiger partial charge in [-0.05, 0) is 42.3 Å². The molecule has 0 aliphatic carbocycles. The van der Waals surface area contributed by atoms with Crippen LogP contribution in [0, 0.1) is 0 Å². The van der Waals surface area contributed by atoms with E-state index in [-0.39, 0.29) is 22.5 Å². The maximum atomic E-state index is 13.5. The minimum atomic E-state index is -4.71. The molecule has 3 aromatic rings. The van der Waals surface area contributed by atoms with Gasteiger partial charge in [0.2, 0.25) is 21.8 Å². The summed E-state index contributed by atoms with van der Waals surface area (Å²) in [5.74, 6) is -1.66. The van der Waals surface area contributed by atoms with E-state index < -0.39 is 34.5 Å². The van der Waals surface area contributed by atoms with Gasteiger partial charge in [0.15, 0.2) is 0 Å². The molecule has 1 aliphatic heterocycles. The number of amides is 1. The Morgan fingerprint density at radius 1 is 1.16 bits per heavy atom. The molecule has 0 bridgehead atoms. The van der Waals surface area contributed by atoms with E-state index in [1.165, 1.54) is 49.3 Å². The van der Waals surface area contributed by atoms with Crippen molar-refractivity contribution in [3.8, 4) is 0 Å². The first-order valence-electron chi connectivity index (χ1n) is 9.38. The zero-order valence-electron chi connectivity index (χ0n) is 16.7. The number of nitrogens with zero attached hydrogens (tertiary/aromatic N) is 4. The van der Waals surface area contributed by atoms with Crippen LogP contribution in [0.1, 0.15) is 11.4 Å². The van der Waals surface area contributed by atoms with Crippen LogP contribution in [0.4, 0.5) is 18.9 Å². The second-order valence-corrected chi connectivity index (χ2v) is 9.53. The Hall–Kier alpha value is -2.92. The molecule has 164 valence electrons. The van der Waals surface area contributed by atoms with Crippen LogP contribution in [0.3, 0.4) is 0 Å². The molecule has 7 nitrogen and oxygen atoms in total. The van der Waals surface area contributed by atoms with Gasteiger partial charge in [0.05, 0.1) is 15.9 Å². The van der Waals surface area contributed by atoms with Crippen LogP contribution in [0.2, 0.25) is 0 Å². The van der Waals surface area contributed by atoms with Crippen LogP contribution >= 0.6 is 0 Å². The number of sulfonamides is 1. The highest BCUT2D eigenvalue weighted by molar-refractivity contribution is 7.89. The van der Waals surface area contributed by atoms with Crippen molar-refractivity contribution >= 4 is 32.7 Å². The highest BCUT2D eigenvalue weighted by Crippen LogP contribution is 2.34. The maximum absolute atomic E-state index is 13.5. The summed E-state index contributed by atoms with van der Waals surface area (Å²) >= 11 is 0. The Balaban J connectivity index is 1.67. The van der Waals surface area contributed by atoms with E-state index in [4.69, 9.17) is 0 Å². The first-order chi connectivity index (χ1) is 14.5. The summed E-state index contributed by atoms with van der Waals surface area (Å²) in [5, 5.41) is 0. The summed E-state index contributed by atoms with van der Waals surface area (Å²) in [6.45, 7) is -0.278. The quantitative estimate of drug-likeness (QED) is 0.610. The van der Waals surface area contributed by atoms with Gasteiger partial charge in [-0.25, -0.2) is 17.7 Å². The van der Waals surface area contributed by atoms with Crippen LogP contribution in [0.5, 0.6) is 0 Å². The molecule has 2 heterocycles. The zero-order chi connectivity index (χ0) is 22.6. The van der Waals surface area contributed by atoms with Crippen LogP contribution in [-0.2, 0) is 34.0 Å². The largest absolute Gasteiger partial charge is 0.449 e. The second kappa shape index (κ2) is 7.34. The average molecular weight is 452 g/mol. The fourth-order valence-electron chi connectivity index (χ4n) is 3.68. The number of hydrogen-bond donors (Lipinski definition) is 0. The molecular weight excluding hydrogens is 433 g/mol. The Labute approximate surface area is 176 Å². The van der Waals surface area contributed by atoms with Crippen LogP contribution < -0.4 is 4.90 Å². The number of imidazole rings is 1. The number of anilines is 1. The first-order valence-corrected chi connectivity index (χ1v) is 10.8. The summed E-state index contributed by atoms with van der Waals surface area (Å²) in [7, 11) is -0.786. The zero-order valence-corrected chi connectivity index (χ0v) is 17.5. The van der Waals surface area contributed by atoms with Gasteiger partial charge in [0, 0.05) is 26.3 Å². The van der Waals surface area contributed by atoms with Gasteiger partial charge >= 0.3 is 6.18 Å². The number of alkyl halides is 3. The van der Waals surface area contributed by atoms with E-state index in [0.29, 0.717) is 17.7 Å². The van der Waals surface area contributed by atoms with Gasteiger partial charge in [-0.2, -0.15) is 13.2 Å². The third-order valence-corrected chi connectivity index (χ3v) is 7.04. The maximum Gasteiger partial charge on any atom is 0.449 e. The number of aromatic nitrogens is 2. The van der Waals surface area contributed by atoms with E-state index in [2.05, 4.69) is 4.98 Å². The van der Waals surface area contributed by atoms with Gasteiger partial charge in [0.1, 0.15) is 6.54 Å². The fourth-order valence-corrected chi connectivity index (χ4v) is 4.63. The van der Waals surface area contributed by atoms with E-state index in [1.807, 2.05) is 0 Å². The lowest BCUT2D eigenvalue weighted by Crippen LogP contribution is -2.33. The molecule has 2 aromatic carbocycles. The van der Waals surface area contributed by atoms with Gasteiger partial charge < -0.3 is 9.47 Å². The molecular formula is C20H19F3N4O3S. The molecule has 0 saturated heterocycles. The number of carbonyl (C=O) groups is 1. The van der Waals surface area contributed by atoms with Crippen molar-refractivity contribution in [2.45, 2.75) is 24.0 Å². The number of carbonyl (C=O) groups excluding carboxylic acids is 1. The number of halogens is 3. The number of para-hydroxylation sites is 2. The fraction of sp³-hybridized carbons (Fsp3) is 0.300. The first kappa shape index (κ1) is 21.3. The molecule has 0 fully saturated rings. The Morgan fingerprint density at radius 3 is 2.55 bits per heavy atom. The van der Waals surface area contributed by atoms with Gasteiger partial charge in [-0.3, -0.25) is 4.79 Å². The number of fused-ring (bicyclic) bond motifs is 2. The highest BCUT2D eigenvalue weighted by atomic mass is 32.2. The number of benzene rings is 2. The summed E-state index contributed by atoms with van der Waals surface area (Å²) in [6.07, 6.45) is -4.30. The van der Waals surface area contributed by atoms with E-state index in [9.17, 15) is 26.4 Å². The molecule has 0 radical (unpaired) electrons. The molecule has 0 spiro atoms. The SMILES string of the molecule is CN(C)S(=O)(=O)c1ccc2c(c1)CCN2C(=O)Cn1c(C(F)(F)F)nc2ccccc21. The molecule has 4 rings (SSSR count). The van der Waals surface area contributed by atoms with E-state index >= 15 is 0 Å². The molecule has 11 heteroatoms. The summed E-state index contributed by atoms with van der Waals surface area (Å²) < 4.78 is 67.2. The summed E-state index contributed by atoms with van der Waals surface area (Å²) in [5.41, 5.74) is 1.53. The summed E-state index contributed by atoms with van der Waals surface area (Å²) in [6, 6.07) is 10.5. The molecule has 1 aliphatic rings. The lowest BCUT2D eigenvalue weighted by atomic mass is 10.2. The van der Waals surface area contributed by atoms with Crippen molar-refractivity contribution in [1.82, 2.24) is 13.9 Å². The molecule has 1 amide bonds. The smallest absolute Gasteiger partial charge is 0.311 e. The van der Waals surface area contributed by atoms with E-state index in [1.54, 1.807) is 12.1 Å². The second-order valence-electron chi connectivity index (χ2n) is 7.38. The van der Waals surface area contributed by atoms with Gasteiger partial charge in [0.25, 0.3) is 0 Å². The summed E-state index contributed by atoms with van der Waals surface area (Å²) in [4.78, 5) is 18.1. The van der Waals surface area contributed by atoms with Crippen molar-refractivity contribution in [1.29, 1.82) is 0 Å². The lowest BCUT2D eigenvalue weighted by molar-refractivity contribution is -0.147. The highest BCUT2D eigenvalue weighted by Gasteiger charge is 2.38. The van der Waals surface area contributed by atoms with Crippen molar-refractivity contribution < 1.29 is 26.4 Å². The van der Waals surface area contributed by atoms with Crippen LogP contribution in [-0.4, -0.2) is 48.8 Å². The minimum absolute atomic E-state index is 0.102. The number of hydrogen-bond acceptors (Lipinski definition) is 4. The Bertz CT molecular complexity index is 1280. The molecule has 0 atom stereocenters. The van der Waals surface area contributed by atoms with Crippen LogP contribution in [0.15, 0.2) is 47.4 Å². The van der Waals surface area contributed by atoms with Crippen molar-refractivity contribution in [3.05, 3.63) is 53.9 Å². The molecule has 1 aromatic heterocycles. The topological polar surface area (TPSA) is 75.5 Å². The normalized spacial score (nSPS) is 14.5. The van der Waals surface area contributed by atoms with Crippen molar-refractivity contribution in [2.75, 3.05) is 25.5 Å². The third-order valence-electron chi connectivity index (χ3n) is 5.23. The predicted molar refractivity (Wildman–Crippen MR) is 108 cm³/mol. The van der Waals surface area contributed by atoms with Gasteiger partial charge in [-0.15, -0.1) is 0 Å². The predicted octanol–water partition coefficient (Wildman–Crippen LogP) is 2.89. The lowest BCUT2D eigenvalue weighted by Gasteiger charge is -2.20. The molecule has 0 unspecified atom stereocenters. The average Bonchev–Trinajstić information content (AvgIpc) is 3.29. The Morgan fingerprint density at radius 2 is 1.87 bits per heavy atom.